The Kier molecular flexibility index (Phi) is 18.3. The number of sulfonamides is 4. The van der Waals surface area contributed by atoms with E-state index in [1.807, 2.05) is 16.4 Å². The molecule has 0 atom stereocenters. The largest absolute Gasteiger partial charge is 0.454 e. The highest BCUT2D eigenvalue weighted by atomic mass is 35.5. The molecule has 4 aliphatic rings. The fourth-order valence-corrected chi connectivity index (χ4v) is 20.8. The highest BCUT2D eigenvalue weighted by Crippen LogP contribution is 2.42. The monoisotopic (exact) mass is 1840 g/mol. The molecule has 0 aliphatic carbocycles. The van der Waals surface area contributed by atoms with E-state index in [2.05, 4.69) is 30.1 Å². The van der Waals surface area contributed by atoms with Gasteiger partial charge in [0.1, 0.15) is 67.9 Å². The lowest BCUT2D eigenvalue weighted by Gasteiger charge is -2.09. The molecule has 4 aromatic carbocycles. The van der Waals surface area contributed by atoms with Gasteiger partial charge in [0.2, 0.25) is 27.1 Å². The zero-order valence-corrected chi connectivity index (χ0v) is 67.9. The number of thiophene rings is 4. The average molecular weight is 1840 g/mol. The lowest BCUT2D eigenvalue weighted by molar-refractivity contribution is 0.0985. The quantitative estimate of drug-likeness (QED) is 0.0408. The minimum atomic E-state index is -4.46. The van der Waals surface area contributed by atoms with Gasteiger partial charge in [-0.2, -0.15) is 0 Å². The predicted molar refractivity (Wildman–Crippen MR) is 427 cm³/mol. The third-order valence-electron chi connectivity index (χ3n) is 16.3. The molecule has 44 heteroatoms. The zero-order chi connectivity index (χ0) is 99.1. The van der Waals surface area contributed by atoms with Crippen molar-refractivity contribution in [2.75, 3.05) is 46.0 Å². The van der Waals surface area contributed by atoms with Gasteiger partial charge < -0.3 is 56.0 Å². The summed E-state index contributed by atoms with van der Waals surface area (Å²) in [5.41, 5.74) is 0.832. The SMILES string of the molecule is [2H]C([2H])([2H])c1cc2c(cc1CC(=O)c1sccc1S(=O)(=O)Nc1onc(C([2H])([2H])[2H])c1Cl)OCO2.[2H]C([2H])([2H])c1noc(NS(=O)(=O)c2ccsc2C(=O)Cc2cc3c(cc2C)OCO3)c1Cl.[2H]C1([2H])Oc2cc(C)c(CC(=O)c3sccc3S(=O)(=O)Nc3onc(C([2H])([2H])[2H])c3Cl)cc2O1.[2H]C1([2H])Oc2cc(CC(=O)c3sccc3S(=O)(=O)Nc3onc(C)c3Cl)c(C([2H])([2H])[2H])cc2O1. The minimum absolute atomic E-state index is 0.00116. The maximum absolute atomic E-state index is 13.1. The fourth-order valence-electron chi connectivity index (χ4n) is 10.6. The summed E-state index contributed by atoms with van der Waals surface area (Å²) >= 11 is 27.3. The lowest BCUT2D eigenvalue weighted by Crippen LogP contribution is -2.16. The second kappa shape index (κ2) is 34.1. The average Bonchev–Trinajstić information content (AvgIpc) is 0.962. The number of benzene rings is 4. The molecule has 0 bridgehead atoms. The first-order chi connectivity index (χ1) is 62.5. The topological polar surface area (TPSA) is 431 Å². The van der Waals surface area contributed by atoms with Crippen LogP contribution in [0.2, 0.25) is 20.1 Å². The van der Waals surface area contributed by atoms with E-state index in [-0.39, 0.29) is 134 Å². The van der Waals surface area contributed by atoms with Crippen molar-refractivity contribution in [2.24, 2.45) is 0 Å². The maximum atomic E-state index is 13.1. The van der Waals surface area contributed by atoms with Crippen LogP contribution in [0.4, 0.5) is 23.5 Å². The molecule has 8 aromatic heterocycles. The Morgan fingerprint density at radius 3 is 0.845 bits per heavy atom. The summed E-state index contributed by atoms with van der Waals surface area (Å²) in [6.07, 6.45) is -1.17. The Morgan fingerprint density at radius 1 is 0.362 bits per heavy atom. The van der Waals surface area contributed by atoms with E-state index < -0.39 is 179 Å². The summed E-state index contributed by atoms with van der Waals surface area (Å²) in [5.74, 6) is -2.61. The van der Waals surface area contributed by atoms with E-state index in [1.165, 1.54) is 83.0 Å². The number of nitrogens with one attached hydrogen (secondary N) is 4. The van der Waals surface area contributed by atoms with Crippen molar-refractivity contribution in [3.63, 3.8) is 0 Å². The molecule has 0 radical (unpaired) electrons. The molecule has 0 saturated carbocycles. The number of carbonyl (C=O) groups is 4. The van der Waals surface area contributed by atoms with Gasteiger partial charge in [-0.3, -0.25) is 19.2 Å². The number of hydrogen-bond donors (Lipinski definition) is 4. The summed E-state index contributed by atoms with van der Waals surface area (Å²) in [6, 6.07) is 16.3. The summed E-state index contributed by atoms with van der Waals surface area (Å²) in [6.45, 7) is -13.1. The van der Waals surface area contributed by atoms with Crippen LogP contribution in [0.25, 0.3) is 0 Å². The maximum Gasteiger partial charge on any atom is 0.265 e. The van der Waals surface area contributed by atoms with Crippen LogP contribution in [-0.2, 0) is 65.8 Å². The van der Waals surface area contributed by atoms with Crippen LogP contribution in [0.15, 0.2) is 132 Å². The highest BCUT2D eigenvalue weighted by Gasteiger charge is 2.34. The van der Waals surface area contributed by atoms with Crippen molar-refractivity contribution in [3.8, 4) is 46.0 Å². The van der Waals surface area contributed by atoms with Gasteiger partial charge in [0.05, 0.1) is 19.5 Å². The van der Waals surface area contributed by atoms with Gasteiger partial charge in [0.15, 0.2) is 69.1 Å². The lowest BCUT2D eigenvalue weighted by atomic mass is 10.0. The number of nitrogens with zero attached hydrogens (tertiary/aromatic N) is 4. The van der Waals surface area contributed by atoms with Crippen LogP contribution in [-0.4, -0.2) is 105 Å². The Bertz CT molecular complexity index is 7210. The molecule has 16 rings (SSSR count). The molecule has 32 nitrogen and oxygen atoms in total. The summed E-state index contributed by atoms with van der Waals surface area (Å²) in [4.78, 5) is 50.4. The Labute approximate surface area is 722 Å². The van der Waals surface area contributed by atoms with Crippen LogP contribution < -0.4 is 56.8 Å². The molecular weight excluding hydrogens is 1760 g/mol. The van der Waals surface area contributed by atoms with E-state index in [0.29, 0.717) is 28.2 Å². The van der Waals surface area contributed by atoms with Crippen molar-refractivity contribution in [2.45, 2.75) is 100 Å². The molecule has 116 heavy (non-hydrogen) atoms. The van der Waals surface area contributed by atoms with Crippen molar-refractivity contribution in [1.82, 2.24) is 20.6 Å². The smallest absolute Gasteiger partial charge is 0.265 e. The number of rotatable bonds is 24. The second-order valence-corrected chi connectivity index (χ2v) is 35.7. The number of aromatic nitrogens is 4. The van der Waals surface area contributed by atoms with Crippen LogP contribution in [0, 0.1) is 55.0 Å². The van der Waals surface area contributed by atoms with E-state index in [4.69, 9.17) is 128 Å². The molecule has 608 valence electrons. The number of Topliss-reactive ketones (excluding diaryl/α,β-unsaturated/α-hetero) is 4. The van der Waals surface area contributed by atoms with Gasteiger partial charge in [-0.25, -0.2) is 52.6 Å². The number of carbonyl (C=O) groups excluding carboxylic acids is 4. The van der Waals surface area contributed by atoms with Crippen molar-refractivity contribution < 1.29 is 135 Å². The van der Waals surface area contributed by atoms with Gasteiger partial charge in [0.25, 0.3) is 63.6 Å². The Hall–Kier alpha value is -10.2. The van der Waals surface area contributed by atoms with Crippen LogP contribution in [0.1, 0.15) is 132 Å². The Balaban J connectivity index is 0.000000153. The van der Waals surface area contributed by atoms with Gasteiger partial charge in [-0.05, 0) is 194 Å². The van der Waals surface area contributed by atoms with Crippen molar-refractivity contribution >= 4 is 179 Å². The number of ether oxygens (including phenoxy) is 8. The molecule has 12 heterocycles. The number of anilines is 4. The molecule has 0 saturated heterocycles. The predicted octanol–water partition coefficient (Wildman–Crippen LogP) is 15.8. The molecule has 0 spiro atoms. The fraction of sp³-hybridized carbons (Fsp3) is 0.222. The minimum Gasteiger partial charge on any atom is -0.454 e. The van der Waals surface area contributed by atoms with Crippen molar-refractivity contribution in [3.05, 3.63) is 201 Å². The molecule has 12 aromatic rings. The molecule has 4 N–H and O–H groups in total. The van der Waals surface area contributed by atoms with E-state index in [1.54, 1.807) is 19.1 Å². The number of aryl methyl sites for hydroxylation is 8. The summed E-state index contributed by atoms with van der Waals surface area (Å²) in [7, 11) is -17.5. The first-order valence-corrected chi connectivity index (χ1v) is 43.0. The van der Waals surface area contributed by atoms with Crippen LogP contribution in [0.3, 0.4) is 0 Å². The van der Waals surface area contributed by atoms with E-state index in [0.717, 1.165) is 57.0 Å². The third-order valence-corrected chi connectivity index (χ3v) is 27.6. The molecule has 0 amide bonds. The van der Waals surface area contributed by atoms with Crippen molar-refractivity contribution in [1.29, 1.82) is 0 Å². The number of fused-ring (bicyclic) bond motifs is 4. The first-order valence-electron chi connectivity index (χ1n) is 41.5. The van der Waals surface area contributed by atoms with Gasteiger partial charge >= 0.3 is 0 Å². The summed E-state index contributed by atoms with van der Waals surface area (Å²) < 4.78 is 315. The second-order valence-electron chi connectivity index (χ2n) is 24.0. The normalized spacial score (nSPS) is 16.8. The highest BCUT2D eigenvalue weighted by molar-refractivity contribution is 7.94. The summed E-state index contributed by atoms with van der Waals surface area (Å²) in [5, 5.41) is 17.6. The van der Waals surface area contributed by atoms with Crippen LogP contribution in [0.5, 0.6) is 46.0 Å². The third kappa shape index (κ3) is 18.1. The standard InChI is InChI=1S/4C18H15ClN2O6S2/c4*1-9-5-13-14(26-8-25-13)7-11(9)6-12(22)17-15(3-4-28-17)29(23,24)21-18-16(19)10(2)20-27-18/h4*3-5,7,21H,6,8H2,1-2H3/i2D3,8D2;1D3,8D2;1D3,2D3;2D3. The zero-order valence-electron chi connectivity index (χ0n) is 77.3. The number of ketones is 4. The first kappa shape index (κ1) is 62.1. The van der Waals surface area contributed by atoms with Crippen LogP contribution >= 0.6 is 91.8 Å². The van der Waals surface area contributed by atoms with Gasteiger partial charge in [-0.1, -0.05) is 67.0 Å². The number of hydrogen-bond acceptors (Lipinski definition) is 32. The van der Waals surface area contributed by atoms with E-state index >= 15 is 0 Å². The Morgan fingerprint density at radius 2 is 0.595 bits per heavy atom. The molecular formula is C72H60Cl4N8O24S8. The number of halogens is 4. The molecule has 0 unspecified atom stereocenters. The molecule has 0 fully saturated rings. The van der Waals surface area contributed by atoms with Gasteiger partial charge in [-0.15, -0.1) is 45.3 Å². The van der Waals surface area contributed by atoms with Gasteiger partial charge in [0, 0.05) is 46.2 Å². The molecule has 4 aliphatic heterocycles. The van der Waals surface area contributed by atoms with E-state index in [9.17, 15) is 52.8 Å².